The lowest BCUT2D eigenvalue weighted by molar-refractivity contribution is -0.167. The van der Waals surface area contributed by atoms with Crippen LogP contribution in [0.1, 0.15) is 58.8 Å². The average Bonchev–Trinajstić information content (AvgIpc) is 2.63. The summed E-state index contributed by atoms with van der Waals surface area (Å²) in [5.41, 5.74) is 0.782. The minimum atomic E-state index is -0.653. The van der Waals surface area contributed by atoms with Crippen molar-refractivity contribution in [1.82, 2.24) is 0 Å². The number of methoxy groups -OCH3 is 2. The molecule has 2 saturated carbocycles. The Morgan fingerprint density at radius 1 is 1.19 bits per heavy atom. The van der Waals surface area contributed by atoms with Gasteiger partial charge in [-0.25, -0.2) is 0 Å². The van der Waals surface area contributed by atoms with Crippen LogP contribution in [0.4, 0.5) is 0 Å². The van der Waals surface area contributed by atoms with E-state index in [0.717, 1.165) is 38.5 Å². The van der Waals surface area contributed by atoms with Crippen molar-refractivity contribution < 1.29 is 24.2 Å². The maximum atomic E-state index is 12.6. The van der Waals surface area contributed by atoms with Gasteiger partial charge < -0.3 is 14.6 Å². The van der Waals surface area contributed by atoms with Gasteiger partial charge in [-0.1, -0.05) is 18.6 Å². The topological polar surface area (TPSA) is 72.8 Å². The molecule has 146 valence electrons. The molecule has 5 heteroatoms. The number of fused-ring (bicyclic) bond motifs is 3. The highest BCUT2D eigenvalue weighted by atomic mass is 16.5. The lowest BCUT2D eigenvalue weighted by atomic mass is 9.47. The largest absolute Gasteiger partial charge is 0.469 e. The molecule has 0 spiro atoms. The van der Waals surface area contributed by atoms with Crippen molar-refractivity contribution in [1.29, 1.82) is 0 Å². The van der Waals surface area contributed by atoms with Crippen molar-refractivity contribution in [2.24, 2.45) is 28.6 Å². The number of rotatable bonds is 3. The Labute approximate surface area is 156 Å². The first kappa shape index (κ1) is 19.4. The number of carbonyl (C=O) groups is 2. The number of ether oxygens (including phenoxy) is 2. The minimum absolute atomic E-state index is 0.0635. The summed E-state index contributed by atoms with van der Waals surface area (Å²) in [6, 6.07) is 0. The van der Waals surface area contributed by atoms with Crippen molar-refractivity contribution in [2.45, 2.75) is 64.9 Å². The molecular formula is C21H32O5. The Hall–Kier alpha value is -1.36. The van der Waals surface area contributed by atoms with Crippen LogP contribution in [-0.4, -0.2) is 37.4 Å². The zero-order valence-electron chi connectivity index (χ0n) is 16.4. The molecule has 0 bridgehead atoms. The van der Waals surface area contributed by atoms with E-state index in [9.17, 15) is 14.7 Å². The second-order valence-electron chi connectivity index (χ2n) is 8.88. The summed E-state index contributed by atoms with van der Waals surface area (Å²) in [5, 5.41) is 10.1. The van der Waals surface area contributed by atoms with E-state index in [-0.39, 0.29) is 41.7 Å². The lowest BCUT2D eigenvalue weighted by Gasteiger charge is -2.57. The van der Waals surface area contributed by atoms with Crippen LogP contribution in [0.15, 0.2) is 11.6 Å². The number of allylic oxidation sites excluding steroid dienone is 1. The standard InChI is InChI=1S/C21H32O5/c1-20-9-7-14(22)11-13(20)5-6-15-16(20)8-10-21(2,19(24)26-4)17(15)12-18(23)25-3/h5,14-17,22H,6-12H2,1-4H3/t14-,15-,16-,17-,20+,21+/m1/s1. The van der Waals surface area contributed by atoms with Gasteiger partial charge in [-0.05, 0) is 68.6 Å². The Kier molecular flexibility index (Phi) is 5.22. The number of esters is 2. The van der Waals surface area contributed by atoms with Gasteiger partial charge >= 0.3 is 11.9 Å². The van der Waals surface area contributed by atoms with Crippen LogP contribution in [0.2, 0.25) is 0 Å². The van der Waals surface area contributed by atoms with Crippen molar-refractivity contribution in [3.63, 3.8) is 0 Å². The van der Waals surface area contributed by atoms with Crippen LogP contribution >= 0.6 is 0 Å². The molecule has 0 unspecified atom stereocenters. The molecule has 3 aliphatic rings. The molecule has 5 nitrogen and oxygen atoms in total. The van der Waals surface area contributed by atoms with Gasteiger partial charge in [-0.15, -0.1) is 0 Å². The second kappa shape index (κ2) is 6.99. The Bertz CT molecular complexity index is 612. The summed E-state index contributed by atoms with van der Waals surface area (Å²) in [7, 11) is 2.83. The highest BCUT2D eigenvalue weighted by molar-refractivity contribution is 5.78. The van der Waals surface area contributed by atoms with Gasteiger partial charge in [0.15, 0.2) is 0 Å². The molecule has 0 amide bonds. The maximum Gasteiger partial charge on any atom is 0.311 e. The molecule has 0 aromatic carbocycles. The molecule has 26 heavy (non-hydrogen) atoms. The Balaban J connectivity index is 1.97. The third kappa shape index (κ3) is 2.98. The van der Waals surface area contributed by atoms with Crippen LogP contribution in [0.25, 0.3) is 0 Å². The normalized spacial score (nSPS) is 42.1. The van der Waals surface area contributed by atoms with Gasteiger partial charge in [-0.2, -0.15) is 0 Å². The molecule has 0 aliphatic heterocycles. The zero-order valence-corrected chi connectivity index (χ0v) is 16.4. The fraction of sp³-hybridized carbons (Fsp3) is 0.810. The molecule has 0 heterocycles. The molecule has 6 atom stereocenters. The maximum absolute atomic E-state index is 12.6. The number of carbonyl (C=O) groups excluding carboxylic acids is 2. The summed E-state index contributed by atoms with van der Waals surface area (Å²) < 4.78 is 10.1. The van der Waals surface area contributed by atoms with Crippen LogP contribution in [-0.2, 0) is 19.1 Å². The van der Waals surface area contributed by atoms with Crippen LogP contribution in [0, 0.1) is 28.6 Å². The highest BCUT2D eigenvalue weighted by Crippen LogP contribution is 2.62. The van der Waals surface area contributed by atoms with Crippen LogP contribution in [0.5, 0.6) is 0 Å². The predicted molar refractivity (Wildman–Crippen MR) is 97.1 cm³/mol. The SMILES string of the molecule is COC(=O)C[C@@H]1[C@@H]2CC=C3C[C@H](O)CC[C@]3(C)[C@@H]2CC[C@]1(C)C(=O)OC. The Morgan fingerprint density at radius 3 is 2.58 bits per heavy atom. The fourth-order valence-electron chi connectivity index (χ4n) is 6.09. The first-order valence-corrected chi connectivity index (χ1v) is 9.79. The number of hydrogen-bond donors (Lipinski definition) is 1. The van der Waals surface area contributed by atoms with Crippen LogP contribution in [0.3, 0.4) is 0 Å². The van der Waals surface area contributed by atoms with E-state index in [1.807, 2.05) is 6.92 Å². The molecule has 3 rings (SSSR count). The highest BCUT2D eigenvalue weighted by Gasteiger charge is 2.57. The van der Waals surface area contributed by atoms with Gasteiger partial charge in [0, 0.05) is 6.42 Å². The van der Waals surface area contributed by atoms with Crippen molar-refractivity contribution in [3.05, 3.63) is 11.6 Å². The molecule has 0 saturated heterocycles. The summed E-state index contributed by atoms with van der Waals surface area (Å²) in [6.45, 7) is 4.27. The monoisotopic (exact) mass is 364 g/mol. The summed E-state index contributed by atoms with van der Waals surface area (Å²) in [4.78, 5) is 24.8. The minimum Gasteiger partial charge on any atom is -0.469 e. The molecule has 3 aliphatic carbocycles. The first-order valence-electron chi connectivity index (χ1n) is 9.79. The predicted octanol–water partition coefficient (Wildman–Crippen LogP) is 3.25. The Morgan fingerprint density at radius 2 is 1.92 bits per heavy atom. The first-order chi connectivity index (χ1) is 12.3. The average molecular weight is 364 g/mol. The van der Waals surface area contributed by atoms with Crippen LogP contribution < -0.4 is 0 Å². The van der Waals surface area contributed by atoms with E-state index in [1.165, 1.54) is 19.8 Å². The third-order valence-electron chi connectivity index (χ3n) is 7.73. The molecule has 0 radical (unpaired) electrons. The molecule has 0 aromatic rings. The molecular weight excluding hydrogens is 332 g/mol. The van der Waals surface area contributed by atoms with E-state index < -0.39 is 5.41 Å². The third-order valence-corrected chi connectivity index (χ3v) is 7.73. The van der Waals surface area contributed by atoms with Crippen molar-refractivity contribution >= 4 is 11.9 Å². The van der Waals surface area contributed by atoms with Gasteiger partial charge in [0.25, 0.3) is 0 Å². The number of aliphatic hydroxyl groups excluding tert-OH is 1. The van der Waals surface area contributed by atoms with Crippen molar-refractivity contribution in [3.8, 4) is 0 Å². The van der Waals surface area contributed by atoms with Gasteiger partial charge in [0.1, 0.15) is 0 Å². The van der Waals surface area contributed by atoms with E-state index in [1.54, 1.807) is 0 Å². The summed E-state index contributed by atoms with van der Waals surface area (Å²) in [6.07, 6.45) is 7.40. The second-order valence-corrected chi connectivity index (χ2v) is 8.88. The summed E-state index contributed by atoms with van der Waals surface area (Å²) in [5.74, 6) is 0.134. The quantitative estimate of drug-likeness (QED) is 0.615. The summed E-state index contributed by atoms with van der Waals surface area (Å²) >= 11 is 0. The van der Waals surface area contributed by atoms with E-state index in [2.05, 4.69) is 13.0 Å². The number of aliphatic hydroxyl groups is 1. The molecule has 1 N–H and O–H groups in total. The van der Waals surface area contributed by atoms with E-state index in [0.29, 0.717) is 5.92 Å². The van der Waals surface area contributed by atoms with Gasteiger partial charge in [-0.3, -0.25) is 9.59 Å². The number of hydrogen-bond acceptors (Lipinski definition) is 5. The fourth-order valence-corrected chi connectivity index (χ4v) is 6.09. The zero-order chi connectivity index (χ0) is 19.1. The van der Waals surface area contributed by atoms with E-state index >= 15 is 0 Å². The molecule has 2 fully saturated rings. The molecule has 0 aromatic heterocycles. The van der Waals surface area contributed by atoms with Gasteiger partial charge in [0.2, 0.25) is 0 Å². The lowest BCUT2D eigenvalue weighted by Crippen LogP contribution is -2.53. The van der Waals surface area contributed by atoms with Gasteiger partial charge in [0.05, 0.1) is 25.7 Å². The van der Waals surface area contributed by atoms with E-state index in [4.69, 9.17) is 9.47 Å². The van der Waals surface area contributed by atoms with Crippen molar-refractivity contribution in [2.75, 3.05) is 14.2 Å². The smallest absolute Gasteiger partial charge is 0.311 e.